The zero-order valence-corrected chi connectivity index (χ0v) is 19.2. The molecule has 2 aromatic rings. The van der Waals surface area contributed by atoms with Crippen molar-refractivity contribution < 1.29 is 32.5 Å². The van der Waals surface area contributed by atoms with Crippen LogP contribution in [0, 0.1) is 17.8 Å². The summed E-state index contributed by atoms with van der Waals surface area (Å²) in [6, 6.07) is 2.65. The number of rotatable bonds is 6. The monoisotopic (exact) mass is 470 g/mol. The van der Waals surface area contributed by atoms with Gasteiger partial charge in [0.2, 0.25) is 12.3 Å². The molecule has 1 aliphatic heterocycles. The predicted molar refractivity (Wildman–Crippen MR) is 112 cm³/mol. The summed E-state index contributed by atoms with van der Waals surface area (Å²) in [6.45, 7) is 10.2. The van der Waals surface area contributed by atoms with Crippen molar-refractivity contribution in [1.29, 1.82) is 0 Å². The standard InChI is InChI=1S/C22H29F3N4O4/c1-20(2,3)33-19(31)28-10-12-13(11-28)16(12)17(30)27-21(4,5)18-26-9-14-15(32-22(23,24)25)7-6-8-29(14)18/h6-9,12-13,16,19,31H,10-11H2,1-5H3,(H,27,30)/t12-,13+,16+,19?. The molecule has 1 aliphatic carbocycles. The summed E-state index contributed by atoms with van der Waals surface area (Å²) in [5, 5.41) is 13.3. The molecule has 11 heteroatoms. The fourth-order valence-corrected chi connectivity index (χ4v) is 4.64. The molecular formula is C22H29F3N4O4. The first-order valence-corrected chi connectivity index (χ1v) is 10.8. The van der Waals surface area contributed by atoms with Gasteiger partial charge in [0.15, 0.2) is 5.75 Å². The molecule has 33 heavy (non-hydrogen) atoms. The first kappa shape index (κ1) is 23.8. The number of hydrogen-bond acceptors (Lipinski definition) is 6. The van der Waals surface area contributed by atoms with Crippen molar-refractivity contribution in [2.24, 2.45) is 17.8 Å². The molecule has 2 fully saturated rings. The Morgan fingerprint density at radius 2 is 1.85 bits per heavy atom. The normalized spacial score (nSPS) is 24.6. The van der Waals surface area contributed by atoms with E-state index in [1.807, 2.05) is 25.7 Å². The number of nitrogens with zero attached hydrogens (tertiary/aromatic N) is 3. The molecule has 4 rings (SSSR count). The lowest BCUT2D eigenvalue weighted by Crippen LogP contribution is -2.46. The molecule has 0 spiro atoms. The van der Waals surface area contributed by atoms with Gasteiger partial charge in [0, 0.05) is 25.2 Å². The predicted octanol–water partition coefficient (Wildman–Crippen LogP) is 2.85. The van der Waals surface area contributed by atoms with Crippen molar-refractivity contribution in [2.45, 2.75) is 58.5 Å². The number of aliphatic hydroxyl groups is 1. The van der Waals surface area contributed by atoms with Gasteiger partial charge in [0.1, 0.15) is 11.3 Å². The number of likely N-dealkylation sites (tertiary alicyclic amines) is 1. The number of piperidine rings is 1. The van der Waals surface area contributed by atoms with Crippen molar-refractivity contribution in [3.05, 3.63) is 30.4 Å². The van der Waals surface area contributed by atoms with E-state index in [1.54, 1.807) is 20.0 Å². The van der Waals surface area contributed by atoms with E-state index >= 15 is 0 Å². The van der Waals surface area contributed by atoms with E-state index < -0.39 is 23.9 Å². The van der Waals surface area contributed by atoms with Crippen LogP contribution in [0.5, 0.6) is 5.75 Å². The van der Waals surface area contributed by atoms with E-state index in [9.17, 15) is 23.1 Å². The number of alkyl halides is 3. The van der Waals surface area contributed by atoms with Crippen LogP contribution in [-0.4, -0.2) is 56.8 Å². The Morgan fingerprint density at radius 1 is 1.21 bits per heavy atom. The Hall–Kier alpha value is -2.37. The number of fused-ring (bicyclic) bond motifs is 2. The highest BCUT2D eigenvalue weighted by molar-refractivity contribution is 5.83. The van der Waals surface area contributed by atoms with Crippen molar-refractivity contribution in [2.75, 3.05) is 13.1 Å². The van der Waals surface area contributed by atoms with Crippen molar-refractivity contribution in [3.8, 4) is 5.75 Å². The maximum absolute atomic E-state index is 13.0. The number of amides is 1. The van der Waals surface area contributed by atoms with Crippen LogP contribution in [0.4, 0.5) is 13.2 Å². The Bertz CT molecular complexity index is 1030. The lowest BCUT2D eigenvalue weighted by atomic mass is 10.0. The van der Waals surface area contributed by atoms with Crippen LogP contribution in [0.15, 0.2) is 24.5 Å². The van der Waals surface area contributed by atoms with Crippen LogP contribution in [0.25, 0.3) is 5.52 Å². The molecule has 0 radical (unpaired) electrons. The average Bonchev–Trinajstić information content (AvgIpc) is 3.01. The van der Waals surface area contributed by atoms with Gasteiger partial charge in [-0.25, -0.2) is 4.98 Å². The minimum atomic E-state index is -4.82. The van der Waals surface area contributed by atoms with Crippen molar-refractivity contribution >= 4 is 11.4 Å². The quantitative estimate of drug-likeness (QED) is 0.632. The minimum absolute atomic E-state index is 0.128. The van der Waals surface area contributed by atoms with E-state index in [0.717, 1.165) is 0 Å². The molecule has 2 N–H and O–H groups in total. The summed E-state index contributed by atoms with van der Waals surface area (Å²) < 4.78 is 49.3. The summed E-state index contributed by atoms with van der Waals surface area (Å²) in [5.41, 5.74) is -1.27. The third-order valence-electron chi connectivity index (χ3n) is 6.05. The average molecular weight is 470 g/mol. The number of ether oxygens (including phenoxy) is 2. The third-order valence-corrected chi connectivity index (χ3v) is 6.05. The summed E-state index contributed by atoms with van der Waals surface area (Å²) >= 11 is 0. The van der Waals surface area contributed by atoms with E-state index in [2.05, 4.69) is 15.0 Å². The topological polar surface area (TPSA) is 88.3 Å². The number of imidazole rings is 1. The fraction of sp³-hybridized carbons (Fsp3) is 0.636. The van der Waals surface area contributed by atoms with Gasteiger partial charge in [-0.2, -0.15) is 0 Å². The number of halogens is 3. The van der Waals surface area contributed by atoms with Crippen LogP contribution in [0.1, 0.15) is 40.4 Å². The Kier molecular flexibility index (Phi) is 5.65. The molecule has 3 heterocycles. The largest absolute Gasteiger partial charge is 0.573 e. The van der Waals surface area contributed by atoms with E-state index in [4.69, 9.17) is 4.74 Å². The first-order valence-electron chi connectivity index (χ1n) is 10.8. The van der Waals surface area contributed by atoms with Gasteiger partial charge in [0.25, 0.3) is 0 Å². The molecule has 0 aromatic carbocycles. The molecular weight excluding hydrogens is 441 g/mol. The molecule has 4 atom stereocenters. The second kappa shape index (κ2) is 7.85. The summed E-state index contributed by atoms with van der Waals surface area (Å²) in [7, 11) is 0. The smallest absolute Gasteiger partial charge is 0.403 e. The molecule has 1 saturated heterocycles. The van der Waals surface area contributed by atoms with Crippen LogP contribution >= 0.6 is 0 Å². The van der Waals surface area contributed by atoms with Crippen LogP contribution in [-0.2, 0) is 15.1 Å². The second-order valence-corrected chi connectivity index (χ2v) is 10.2. The highest BCUT2D eigenvalue weighted by Gasteiger charge is 2.60. The minimum Gasteiger partial charge on any atom is -0.403 e. The number of aliphatic hydroxyl groups excluding tert-OH is 1. The molecule has 1 unspecified atom stereocenters. The Balaban J connectivity index is 1.42. The molecule has 1 amide bonds. The maximum Gasteiger partial charge on any atom is 0.573 e. The third kappa shape index (κ3) is 4.95. The van der Waals surface area contributed by atoms with Gasteiger partial charge < -0.3 is 19.9 Å². The zero-order chi connectivity index (χ0) is 24.3. The van der Waals surface area contributed by atoms with E-state index in [1.165, 1.54) is 22.7 Å². The summed E-state index contributed by atoms with van der Waals surface area (Å²) in [4.78, 5) is 19.1. The number of hydrogen-bond donors (Lipinski definition) is 2. The second-order valence-electron chi connectivity index (χ2n) is 10.2. The highest BCUT2D eigenvalue weighted by atomic mass is 19.4. The van der Waals surface area contributed by atoms with E-state index in [0.29, 0.717) is 18.9 Å². The first-order chi connectivity index (χ1) is 15.2. The number of nitrogens with one attached hydrogen (secondary N) is 1. The number of aromatic nitrogens is 2. The Labute approximate surface area is 189 Å². The summed E-state index contributed by atoms with van der Waals surface area (Å²) in [5.74, 6) is -0.0395. The lowest BCUT2D eigenvalue weighted by Gasteiger charge is -2.31. The molecule has 182 valence electrons. The van der Waals surface area contributed by atoms with Gasteiger partial charge in [-0.3, -0.25) is 14.1 Å². The molecule has 2 aliphatic rings. The van der Waals surface area contributed by atoms with Crippen LogP contribution < -0.4 is 10.1 Å². The van der Waals surface area contributed by atoms with Gasteiger partial charge in [-0.15, -0.1) is 13.2 Å². The number of carbonyl (C=O) groups excluding carboxylic acids is 1. The molecule has 0 bridgehead atoms. The van der Waals surface area contributed by atoms with Gasteiger partial charge in [-0.05, 0) is 58.6 Å². The molecule has 8 nitrogen and oxygen atoms in total. The van der Waals surface area contributed by atoms with Crippen LogP contribution in [0.3, 0.4) is 0 Å². The van der Waals surface area contributed by atoms with Gasteiger partial charge in [-0.1, -0.05) is 0 Å². The van der Waals surface area contributed by atoms with Gasteiger partial charge in [0.05, 0.1) is 17.3 Å². The van der Waals surface area contributed by atoms with E-state index in [-0.39, 0.29) is 34.9 Å². The SMILES string of the molecule is CC(C)(C)OC(O)N1C[C@@H]2[C@H](C1)[C@H]2C(=O)NC(C)(C)c1ncc2c(OC(F)(F)F)cccn12. The zero-order valence-electron chi connectivity index (χ0n) is 19.2. The lowest BCUT2D eigenvalue weighted by molar-refractivity contribution is -0.274. The number of pyridine rings is 1. The van der Waals surface area contributed by atoms with Crippen LogP contribution in [0.2, 0.25) is 0 Å². The summed E-state index contributed by atoms with van der Waals surface area (Å²) in [6.07, 6.45) is -2.96. The highest BCUT2D eigenvalue weighted by Crippen LogP contribution is 2.52. The molecule has 2 aromatic heterocycles. The maximum atomic E-state index is 13.0. The van der Waals surface area contributed by atoms with Crippen molar-refractivity contribution in [3.63, 3.8) is 0 Å². The molecule has 1 saturated carbocycles. The number of carbonyl (C=O) groups is 1. The van der Waals surface area contributed by atoms with Crippen molar-refractivity contribution in [1.82, 2.24) is 19.6 Å². The Morgan fingerprint density at radius 3 is 2.42 bits per heavy atom. The fourth-order valence-electron chi connectivity index (χ4n) is 4.64. The van der Waals surface area contributed by atoms with Gasteiger partial charge >= 0.3 is 6.36 Å².